The first-order valence-electron chi connectivity index (χ1n) is 1.73. The van der Waals surface area contributed by atoms with Crippen molar-refractivity contribution in [2.45, 2.75) is 13.3 Å². The summed E-state index contributed by atoms with van der Waals surface area (Å²) < 4.78 is 4.61. The van der Waals surface area contributed by atoms with Crippen LogP contribution in [0.15, 0.2) is 0 Å². The van der Waals surface area contributed by atoms with Crippen LogP contribution in [0.1, 0.15) is 13.3 Å². The fourth-order valence-corrected chi connectivity index (χ4v) is 0.354. The molecule has 0 spiro atoms. The average Bonchev–Trinajstić information content (AvgIpc) is 1.41. The Hall–Kier alpha value is 0.492. The molecule has 0 fully saturated rings. The van der Waals surface area contributed by atoms with Crippen LogP contribution in [0.25, 0.3) is 0 Å². The van der Waals surface area contributed by atoms with E-state index in [2.05, 4.69) is 27.3 Å². The summed E-state index contributed by atoms with van der Waals surface area (Å²) in [4.78, 5) is 0. The zero-order valence-electron chi connectivity index (χ0n) is 3.40. The predicted octanol–water partition coefficient (Wildman–Crippen LogP) is 0.496. The van der Waals surface area contributed by atoms with Crippen LogP contribution in [0, 0.1) is 0 Å². The first kappa shape index (κ1) is 5.49. The third kappa shape index (κ3) is 4.49. The standard InChI is InChI=1S/C3H7O.Al/c1-2-3-4;/h2-3H2,1H3;/q-1;+3. The fraction of sp³-hybridized carbons (Fsp3) is 1.00. The minimum atomic E-state index is 0.852. The minimum absolute atomic E-state index is 0.852. The van der Waals surface area contributed by atoms with E-state index in [1.165, 1.54) is 0 Å². The van der Waals surface area contributed by atoms with Gasteiger partial charge in [-0.3, -0.25) is 0 Å². The SMILES string of the molecule is CCC[O][Al+2]. The van der Waals surface area contributed by atoms with E-state index in [4.69, 9.17) is 0 Å². The third-order valence-electron chi connectivity index (χ3n) is 0.322. The molecule has 0 aliphatic carbocycles. The maximum atomic E-state index is 4.61. The summed E-state index contributed by atoms with van der Waals surface area (Å²) in [6.45, 7) is 2.93. The van der Waals surface area contributed by atoms with Gasteiger partial charge in [-0.25, -0.2) is 0 Å². The molecule has 0 radical (unpaired) electrons. The van der Waals surface area contributed by atoms with Gasteiger partial charge >= 0.3 is 40.4 Å². The van der Waals surface area contributed by atoms with Gasteiger partial charge in [0.2, 0.25) is 0 Å². The Balaban J connectivity index is 2.19. The summed E-state index contributed by atoms with van der Waals surface area (Å²) in [6, 6.07) is 0. The van der Waals surface area contributed by atoms with E-state index in [1.54, 1.807) is 0 Å². The molecule has 2 heteroatoms. The van der Waals surface area contributed by atoms with E-state index >= 15 is 0 Å². The Bertz CT molecular complexity index is 14.4. The van der Waals surface area contributed by atoms with E-state index in [0.717, 1.165) is 13.0 Å². The second kappa shape index (κ2) is 4.49. The molecule has 0 aromatic carbocycles. The predicted molar refractivity (Wildman–Crippen MR) is 22.0 cm³/mol. The Morgan fingerprint density at radius 1 is 1.80 bits per heavy atom. The van der Waals surface area contributed by atoms with Crippen molar-refractivity contribution in [1.29, 1.82) is 0 Å². The molecule has 0 unspecified atom stereocenters. The first-order valence-corrected chi connectivity index (χ1v) is 2.20. The molecule has 0 rings (SSSR count). The molecule has 0 heterocycles. The number of hydrogen-bond acceptors (Lipinski definition) is 1. The topological polar surface area (TPSA) is 9.23 Å². The maximum absolute atomic E-state index is 4.61. The molecule has 0 aromatic rings. The molecule has 0 saturated heterocycles. The molecule has 0 aliphatic heterocycles. The summed E-state index contributed by atoms with van der Waals surface area (Å²) in [7, 11) is 0. The average molecular weight is 86.1 g/mol. The summed E-state index contributed by atoms with van der Waals surface area (Å²) in [6.07, 6.45) is 1.10. The molecule has 5 heavy (non-hydrogen) atoms. The summed E-state index contributed by atoms with van der Waals surface area (Å²) in [5.74, 6) is 0. The third-order valence-corrected chi connectivity index (χ3v) is 0.558. The molecule has 0 bridgehead atoms. The van der Waals surface area contributed by atoms with Gasteiger partial charge in [-0.15, -0.1) is 0 Å². The van der Waals surface area contributed by atoms with Crippen LogP contribution in [0.5, 0.6) is 0 Å². The fourth-order valence-electron chi connectivity index (χ4n) is 0.118. The van der Waals surface area contributed by atoms with Crippen LogP contribution in [-0.4, -0.2) is 23.2 Å². The van der Waals surface area contributed by atoms with Gasteiger partial charge < -0.3 is 0 Å². The van der Waals surface area contributed by atoms with Crippen LogP contribution in [0.2, 0.25) is 0 Å². The van der Waals surface area contributed by atoms with Gasteiger partial charge in [0, 0.05) is 0 Å². The van der Waals surface area contributed by atoms with Crippen molar-refractivity contribution in [3.05, 3.63) is 0 Å². The van der Waals surface area contributed by atoms with Gasteiger partial charge in [0.1, 0.15) is 0 Å². The molecule has 0 amide bonds. The van der Waals surface area contributed by atoms with E-state index in [1.807, 2.05) is 0 Å². The molecule has 26 valence electrons. The van der Waals surface area contributed by atoms with E-state index in [0.29, 0.717) is 0 Å². The molecule has 1 nitrogen and oxygen atoms in total. The summed E-state index contributed by atoms with van der Waals surface area (Å²) in [5, 5.41) is 0. The Kier molecular flexibility index (Phi) is 4.93. The summed E-state index contributed by atoms with van der Waals surface area (Å²) in [5.41, 5.74) is 0. The number of rotatable bonds is 2. The van der Waals surface area contributed by atoms with Gasteiger partial charge in [0.25, 0.3) is 0 Å². The second-order valence-corrected chi connectivity index (χ2v) is 1.20. The normalized spacial score (nSPS) is 8.60. The first-order chi connectivity index (χ1) is 2.41. The molecule has 0 aliphatic rings. The zero-order chi connectivity index (χ0) is 4.12. The van der Waals surface area contributed by atoms with Crippen LogP contribution < -0.4 is 0 Å². The van der Waals surface area contributed by atoms with Crippen LogP contribution in [0.3, 0.4) is 0 Å². The van der Waals surface area contributed by atoms with E-state index in [9.17, 15) is 0 Å². The van der Waals surface area contributed by atoms with Crippen molar-refractivity contribution < 1.29 is 3.79 Å². The van der Waals surface area contributed by atoms with Crippen molar-refractivity contribution >= 4 is 16.6 Å². The Labute approximate surface area is 41.1 Å². The van der Waals surface area contributed by atoms with E-state index in [-0.39, 0.29) is 0 Å². The molecule has 0 saturated carbocycles. The second-order valence-electron chi connectivity index (χ2n) is 0.871. The van der Waals surface area contributed by atoms with Crippen LogP contribution >= 0.6 is 0 Å². The van der Waals surface area contributed by atoms with Crippen molar-refractivity contribution in [1.82, 2.24) is 0 Å². The molecular weight excluding hydrogens is 79.0 g/mol. The van der Waals surface area contributed by atoms with Gasteiger partial charge in [-0.1, -0.05) is 0 Å². The van der Waals surface area contributed by atoms with Gasteiger partial charge in [0.15, 0.2) is 0 Å². The monoisotopic (exact) mass is 86.0 g/mol. The number of hydrogen-bond donors (Lipinski definition) is 0. The molecule has 0 N–H and O–H groups in total. The van der Waals surface area contributed by atoms with Crippen molar-refractivity contribution in [2.75, 3.05) is 6.61 Å². The molecular formula is C3H7AlO+2. The molecule has 0 aromatic heterocycles. The van der Waals surface area contributed by atoms with Crippen LogP contribution in [-0.2, 0) is 3.79 Å². The summed E-state index contributed by atoms with van der Waals surface area (Å²) >= 11 is 2.20. The quantitative estimate of drug-likeness (QED) is 0.444. The zero-order valence-corrected chi connectivity index (χ0v) is 4.55. The Morgan fingerprint density at radius 3 is 2.40 bits per heavy atom. The van der Waals surface area contributed by atoms with Gasteiger partial charge in [-0.05, 0) is 0 Å². The van der Waals surface area contributed by atoms with Crippen molar-refractivity contribution in [3.63, 3.8) is 0 Å². The van der Waals surface area contributed by atoms with E-state index < -0.39 is 0 Å². The van der Waals surface area contributed by atoms with Gasteiger partial charge in [0.05, 0.1) is 0 Å². The van der Waals surface area contributed by atoms with Gasteiger partial charge in [-0.2, -0.15) is 0 Å². The van der Waals surface area contributed by atoms with Crippen LogP contribution in [0.4, 0.5) is 0 Å². The Morgan fingerprint density at radius 2 is 2.40 bits per heavy atom. The van der Waals surface area contributed by atoms with Crippen molar-refractivity contribution in [3.8, 4) is 0 Å². The van der Waals surface area contributed by atoms with Crippen molar-refractivity contribution in [2.24, 2.45) is 0 Å². The molecule has 0 atom stereocenters.